The van der Waals surface area contributed by atoms with Crippen molar-refractivity contribution < 1.29 is 4.79 Å². The second kappa shape index (κ2) is 5.82. The summed E-state index contributed by atoms with van der Waals surface area (Å²) in [5.74, 6) is 0.342. The fourth-order valence-corrected chi connectivity index (χ4v) is 3.10. The SMILES string of the molecule is CC(N[C@@]1(Cc2ccccc2)CCC1=O)c1ccccc1. The lowest BCUT2D eigenvalue weighted by Crippen LogP contribution is -2.61. The fraction of sp³-hybridized carbons (Fsp3) is 0.316. The Morgan fingerprint density at radius 2 is 1.67 bits per heavy atom. The third-order valence-electron chi connectivity index (χ3n) is 4.45. The molecule has 0 bridgehead atoms. The summed E-state index contributed by atoms with van der Waals surface area (Å²) >= 11 is 0. The van der Waals surface area contributed by atoms with Crippen molar-refractivity contribution in [2.45, 2.75) is 37.8 Å². The molecule has 0 heterocycles. The third-order valence-corrected chi connectivity index (χ3v) is 4.45. The van der Waals surface area contributed by atoms with Crippen LogP contribution in [0.15, 0.2) is 60.7 Å². The quantitative estimate of drug-likeness (QED) is 0.904. The predicted molar refractivity (Wildman–Crippen MR) is 85.1 cm³/mol. The van der Waals surface area contributed by atoms with Crippen LogP contribution in [0.2, 0.25) is 0 Å². The molecule has 1 N–H and O–H groups in total. The van der Waals surface area contributed by atoms with Crippen LogP contribution in [-0.2, 0) is 11.2 Å². The molecule has 21 heavy (non-hydrogen) atoms. The van der Waals surface area contributed by atoms with E-state index >= 15 is 0 Å². The first kappa shape index (κ1) is 14.0. The van der Waals surface area contributed by atoms with Gasteiger partial charge >= 0.3 is 0 Å². The summed E-state index contributed by atoms with van der Waals surface area (Å²) in [5.41, 5.74) is 2.07. The summed E-state index contributed by atoms with van der Waals surface area (Å²) in [7, 11) is 0. The van der Waals surface area contributed by atoms with Crippen LogP contribution in [0.1, 0.15) is 36.9 Å². The zero-order chi connectivity index (χ0) is 14.7. The number of nitrogens with one attached hydrogen (secondary N) is 1. The molecule has 2 aromatic carbocycles. The molecule has 0 spiro atoms. The van der Waals surface area contributed by atoms with E-state index in [0.717, 1.165) is 12.8 Å². The molecule has 1 saturated carbocycles. The minimum absolute atomic E-state index is 0.180. The Labute approximate surface area is 126 Å². The van der Waals surface area contributed by atoms with Crippen molar-refractivity contribution in [3.63, 3.8) is 0 Å². The van der Waals surface area contributed by atoms with Gasteiger partial charge in [-0.3, -0.25) is 10.1 Å². The Hall–Kier alpha value is -1.93. The second-order valence-corrected chi connectivity index (χ2v) is 5.94. The Kier molecular flexibility index (Phi) is 3.89. The molecule has 1 aliphatic carbocycles. The van der Waals surface area contributed by atoms with Crippen molar-refractivity contribution in [3.8, 4) is 0 Å². The summed E-state index contributed by atoms with van der Waals surface area (Å²) < 4.78 is 0. The van der Waals surface area contributed by atoms with Crippen LogP contribution in [0.3, 0.4) is 0 Å². The van der Waals surface area contributed by atoms with E-state index in [-0.39, 0.29) is 11.6 Å². The van der Waals surface area contributed by atoms with Gasteiger partial charge in [-0.2, -0.15) is 0 Å². The van der Waals surface area contributed by atoms with Gasteiger partial charge in [-0.15, -0.1) is 0 Å². The standard InChI is InChI=1S/C19H21NO/c1-15(17-10-6-3-7-11-17)20-19(13-12-18(19)21)14-16-8-4-2-5-9-16/h2-11,15,20H,12-14H2,1H3/t15?,19-/m1/s1. The van der Waals surface area contributed by atoms with Crippen LogP contribution in [-0.4, -0.2) is 11.3 Å². The third kappa shape index (κ3) is 2.91. The zero-order valence-electron chi connectivity index (χ0n) is 12.4. The summed E-state index contributed by atoms with van der Waals surface area (Å²) in [6, 6.07) is 20.8. The van der Waals surface area contributed by atoms with E-state index in [1.165, 1.54) is 11.1 Å². The van der Waals surface area contributed by atoms with Gasteiger partial charge in [0, 0.05) is 12.5 Å². The summed E-state index contributed by atoms with van der Waals surface area (Å²) in [5, 5.41) is 3.59. The van der Waals surface area contributed by atoms with Crippen molar-refractivity contribution in [2.75, 3.05) is 0 Å². The van der Waals surface area contributed by atoms with Crippen LogP contribution >= 0.6 is 0 Å². The van der Waals surface area contributed by atoms with Gasteiger partial charge in [0.2, 0.25) is 0 Å². The number of carbonyl (C=O) groups is 1. The van der Waals surface area contributed by atoms with E-state index < -0.39 is 0 Å². The number of Topliss-reactive ketones (excluding diaryl/α,β-unsaturated/α-hetero) is 1. The number of rotatable bonds is 5. The molecule has 1 aliphatic rings. The number of benzene rings is 2. The van der Waals surface area contributed by atoms with Crippen LogP contribution in [0, 0.1) is 0 Å². The highest BCUT2D eigenvalue weighted by molar-refractivity contribution is 5.94. The topological polar surface area (TPSA) is 29.1 Å². The second-order valence-electron chi connectivity index (χ2n) is 5.94. The predicted octanol–water partition coefficient (Wildman–Crippen LogP) is 3.68. The largest absolute Gasteiger partial charge is 0.298 e. The van der Waals surface area contributed by atoms with Crippen molar-refractivity contribution in [3.05, 3.63) is 71.8 Å². The maximum atomic E-state index is 12.3. The highest BCUT2D eigenvalue weighted by Gasteiger charge is 2.46. The average molecular weight is 279 g/mol. The molecule has 1 fully saturated rings. The average Bonchev–Trinajstić information content (AvgIpc) is 2.54. The highest BCUT2D eigenvalue weighted by Crippen LogP contribution is 2.34. The lowest BCUT2D eigenvalue weighted by Gasteiger charge is -2.43. The molecule has 2 heteroatoms. The maximum Gasteiger partial charge on any atom is 0.153 e. The van der Waals surface area contributed by atoms with E-state index in [4.69, 9.17) is 0 Å². The van der Waals surface area contributed by atoms with Gasteiger partial charge in [0.15, 0.2) is 5.78 Å². The molecular weight excluding hydrogens is 258 g/mol. The summed E-state index contributed by atoms with van der Waals surface area (Å²) in [6.07, 6.45) is 2.41. The Morgan fingerprint density at radius 1 is 1.05 bits per heavy atom. The number of hydrogen-bond acceptors (Lipinski definition) is 2. The molecular formula is C19H21NO. The van der Waals surface area contributed by atoms with Gasteiger partial charge in [-0.05, 0) is 30.9 Å². The Bertz CT molecular complexity index is 608. The van der Waals surface area contributed by atoms with E-state index in [1.807, 2.05) is 36.4 Å². The molecule has 0 amide bonds. The number of hydrogen-bond donors (Lipinski definition) is 1. The molecule has 0 saturated heterocycles. The summed E-state index contributed by atoms with van der Waals surface area (Å²) in [4.78, 5) is 12.3. The van der Waals surface area contributed by atoms with Crippen LogP contribution in [0.25, 0.3) is 0 Å². The Balaban J connectivity index is 1.77. The molecule has 108 valence electrons. The van der Waals surface area contributed by atoms with Crippen LogP contribution in [0.4, 0.5) is 0 Å². The van der Waals surface area contributed by atoms with Gasteiger partial charge in [0.25, 0.3) is 0 Å². The zero-order valence-corrected chi connectivity index (χ0v) is 12.4. The molecule has 0 aromatic heterocycles. The number of ketones is 1. The lowest BCUT2D eigenvalue weighted by molar-refractivity contribution is -0.133. The van der Waals surface area contributed by atoms with Gasteiger partial charge in [0.1, 0.15) is 0 Å². The van der Waals surface area contributed by atoms with E-state index in [1.54, 1.807) is 0 Å². The molecule has 2 nitrogen and oxygen atoms in total. The minimum atomic E-state index is -0.378. The van der Waals surface area contributed by atoms with E-state index in [0.29, 0.717) is 12.2 Å². The molecule has 2 atom stereocenters. The monoisotopic (exact) mass is 279 g/mol. The fourth-order valence-electron chi connectivity index (χ4n) is 3.10. The molecule has 2 aromatic rings. The van der Waals surface area contributed by atoms with Gasteiger partial charge in [0.05, 0.1) is 5.54 Å². The van der Waals surface area contributed by atoms with Gasteiger partial charge in [-0.25, -0.2) is 0 Å². The van der Waals surface area contributed by atoms with Crippen LogP contribution in [0.5, 0.6) is 0 Å². The first-order chi connectivity index (χ1) is 10.2. The number of carbonyl (C=O) groups excluding carboxylic acids is 1. The van der Waals surface area contributed by atoms with Crippen molar-refractivity contribution in [2.24, 2.45) is 0 Å². The normalized spacial score (nSPS) is 22.6. The van der Waals surface area contributed by atoms with E-state index in [9.17, 15) is 4.79 Å². The molecule has 0 radical (unpaired) electrons. The van der Waals surface area contributed by atoms with Crippen molar-refractivity contribution >= 4 is 5.78 Å². The smallest absolute Gasteiger partial charge is 0.153 e. The minimum Gasteiger partial charge on any atom is -0.298 e. The van der Waals surface area contributed by atoms with E-state index in [2.05, 4.69) is 36.5 Å². The Morgan fingerprint density at radius 3 is 2.19 bits per heavy atom. The highest BCUT2D eigenvalue weighted by atomic mass is 16.1. The lowest BCUT2D eigenvalue weighted by atomic mass is 9.71. The first-order valence-electron chi connectivity index (χ1n) is 7.59. The van der Waals surface area contributed by atoms with Crippen molar-refractivity contribution in [1.29, 1.82) is 0 Å². The molecule has 0 aliphatic heterocycles. The van der Waals surface area contributed by atoms with Crippen LogP contribution < -0.4 is 5.32 Å². The van der Waals surface area contributed by atoms with Crippen molar-refractivity contribution in [1.82, 2.24) is 5.32 Å². The maximum absolute atomic E-state index is 12.3. The van der Waals surface area contributed by atoms with Gasteiger partial charge < -0.3 is 0 Å². The first-order valence-corrected chi connectivity index (χ1v) is 7.59. The molecule has 3 rings (SSSR count). The van der Waals surface area contributed by atoms with Gasteiger partial charge in [-0.1, -0.05) is 60.7 Å². The summed E-state index contributed by atoms with van der Waals surface area (Å²) in [6.45, 7) is 2.13. The molecule has 1 unspecified atom stereocenters.